The maximum absolute atomic E-state index is 11.6. The zero-order valence-corrected chi connectivity index (χ0v) is 10.2. The minimum absolute atomic E-state index is 0.0236. The molecule has 94 valence electrons. The maximum atomic E-state index is 11.6. The van der Waals surface area contributed by atoms with E-state index in [9.17, 15) is 9.59 Å². The van der Waals surface area contributed by atoms with Crippen molar-refractivity contribution in [1.82, 2.24) is 10.6 Å². The molecule has 6 heteroatoms. The van der Waals surface area contributed by atoms with Crippen molar-refractivity contribution in [3.05, 3.63) is 24.2 Å². The van der Waals surface area contributed by atoms with Gasteiger partial charge in [0.05, 0.1) is 6.26 Å². The molecule has 1 heterocycles. The van der Waals surface area contributed by atoms with Gasteiger partial charge >= 0.3 is 6.03 Å². The highest BCUT2D eigenvalue weighted by Gasteiger charge is 2.22. The first-order valence-corrected chi connectivity index (χ1v) is 5.45. The third kappa shape index (κ3) is 3.92. The summed E-state index contributed by atoms with van der Waals surface area (Å²) in [4.78, 5) is 22.5. The molecule has 0 aliphatic heterocycles. The molecule has 17 heavy (non-hydrogen) atoms. The third-order valence-electron chi connectivity index (χ3n) is 2.45. The number of imide groups is 1. The molecule has 0 aromatic carbocycles. The highest BCUT2D eigenvalue weighted by Crippen LogP contribution is 2.07. The fourth-order valence-electron chi connectivity index (χ4n) is 1.45. The van der Waals surface area contributed by atoms with Gasteiger partial charge in [0.1, 0.15) is 6.04 Å². The van der Waals surface area contributed by atoms with Gasteiger partial charge in [0.25, 0.3) is 5.91 Å². The van der Waals surface area contributed by atoms with E-state index >= 15 is 0 Å². The highest BCUT2D eigenvalue weighted by atomic mass is 16.3. The molecular formula is C11H18N3O3+. The lowest BCUT2D eigenvalue weighted by Crippen LogP contribution is -2.92. The van der Waals surface area contributed by atoms with E-state index in [1.54, 1.807) is 19.3 Å². The number of carbonyl (C=O) groups excluding carboxylic acids is 2. The Bertz CT molecular complexity index is 375. The van der Waals surface area contributed by atoms with E-state index in [0.717, 1.165) is 5.76 Å². The summed E-state index contributed by atoms with van der Waals surface area (Å²) in [5.74, 6) is 0.465. The lowest BCUT2D eigenvalue weighted by atomic mass is 10.2. The smallest absolute Gasteiger partial charge is 0.321 e. The number of hydrogen-bond donors (Lipinski definition) is 3. The Morgan fingerprint density at radius 3 is 2.65 bits per heavy atom. The van der Waals surface area contributed by atoms with Crippen LogP contribution in [0.25, 0.3) is 0 Å². The van der Waals surface area contributed by atoms with E-state index in [4.69, 9.17) is 4.42 Å². The van der Waals surface area contributed by atoms with Crippen molar-refractivity contribution in [1.29, 1.82) is 0 Å². The van der Waals surface area contributed by atoms with Crippen LogP contribution in [0.1, 0.15) is 25.6 Å². The van der Waals surface area contributed by atoms with E-state index in [1.165, 1.54) is 7.05 Å². The summed E-state index contributed by atoms with van der Waals surface area (Å²) in [6.07, 6.45) is 1.59. The minimum atomic E-state index is -0.499. The molecule has 3 amide bonds. The van der Waals surface area contributed by atoms with E-state index < -0.39 is 6.03 Å². The average Bonchev–Trinajstić information content (AvgIpc) is 2.82. The van der Waals surface area contributed by atoms with Gasteiger partial charge in [-0.2, -0.15) is 0 Å². The number of nitrogens with two attached hydrogens (primary N) is 1. The lowest BCUT2D eigenvalue weighted by molar-refractivity contribution is -0.711. The van der Waals surface area contributed by atoms with Crippen LogP contribution in [0, 0.1) is 0 Å². The van der Waals surface area contributed by atoms with Crippen LogP contribution in [0.4, 0.5) is 4.79 Å². The third-order valence-corrected chi connectivity index (χ3v) is 2.45. The molecule has 0 saturated heterocycles. The van der Waals surface area contributed by atoms with Gasteiger partial charge in [-0.15, -0.1) is 0 Å². The summed E-state index contributed by atoms with van der Waals surface area (Å²) in [5.41, 5.74) is 0. The number of urea groups is 1. The van der Waals surface area contributed by atoms with E-state index in [2.05, 4.69) is 10.6 Å². The van der Waals surface area contributed by atoms with Crippen LogP contribution >= 0.6 is 0 Å². The highest BCUT2D eigenvalue weighted by molar-refractivity contribution is 5.95. The number of nitrogens with one attached hydrogen (secondary N) is 2. The first-order chi connectivity index (χ1) is 8.04. The monoisotopic (exact) mass is 240 g/mol. The Kier molecular flexibility index (Phi) is 4.71. The van der Waals surface area contributed by atoms with Crippen LogP contribution in [0.3, 0.4) is 0 Å². The molecule has 6 nitrogen and oxygen atoms in total. The van der Waals surface area contributed by atoms with Crippen LogP contribution in [0.15, 0.2) is 22.8 Å². The summed E-state index contributed by atoms with van der Waals surface area (Å²) in [6, 6.07) is 2.81. The normalized spacial score (nSPS) is 13.8. The lowest BCUT2D eigenvalue weighted by Gasteiger charge is -2.14. The fraction of sp³-hybridized carbons (Fsp3) is 0.455. The summed E-state index contributed by atoms with van der Waals surface area (Å²) in [5, 5.41) is 6.39. The number of furan rings is 1. The largest absolute Gasteiger partial charge is 0.463 e. The SMILES string of the molecule is CNC(=O)NC(=O)[C@@H](C)[NH2+][C@@H](C)c1ccco1. The Morgan fingerprint density at radius 2 is 2.12 bits per heavy atom. The summed E-state index contributed by atoms with van der Waals surface area (Å²) >= 11 is 0. The van der Waals surface area contributed by atoms with Crippen molar-refractivity contribution in [2.75, 3.05) is 7.05 Å². The standard InChI is InChI=1S/C11H17N3O3/c1-7(9-5-4-6-17-9)13-8(2)10(15)14-11(16)12-3/h4-8,13H,1-3H3,(H2,12,14,15,16)/p+1/t7-,8+/m0/s1. The summed E-state index contributed by atoms with van der Waals surface area (Å²) < 4.78 is 5.24. The topological polar surface area (TPSA) is 88.0 Å². The molecule has 1 rings (SSSR count). The Morgan fingerprint density at radius 1 is 1.41 bits per heavy atom. The Hall–Kier alpha value is -1.82. The van der Waals surface area contributed by atoms with Crippen molar-refractivity contribution in [3.63, 3.8) is 0 Å². The van der Waals surface area contributed by atoms with E-state index in [0.29, 0.717) is 0 Å². The average molecular weight is 240 g/mol. The first-order valence-electron chi connectivity index (χ1n) is 5.45. The molecule has 0 fully saturated rings. The molecule has 0 spiro atoms. The van der Waals surface area contributed by atoms with Crippen molar-refractivity contribution in [2.45, 2.75) is 25.9 Å². The van der Waals surface area contributed by atoms with Gasteiger partial charge in [-0.3, -0.25) is 10.1 Å². The van der Waals surface area contributed by atoms with E-state index in [-0.39, 0.29) is 18.0 Å². The molecule has 1 aromatic rings. The molecule has 1 aromatic heterocycles. The first kappa shape index (κ1) is 13.2. The maximum Gasteiger partial charge on any atom is 0.321 e. The van der Waals surface area contributed by atoms with Crippen molar-refractivity contribution >= 4 is 11.9 Å². The molecule has 0 saturated carbocycles. The number of hydrogen-bond acceptors (Lipinski definition) is 3. The number of amides is 3. The molecule has 0 unspecified atom stereocenters. The van der Waals surface area contributed by atoms with Crippen molar-refractivity contribution < 1.29 is 19.3 Å². The number of rotatable bonds is 4. The molecule has 0 radical (unpaired) electrons. The minimum Gasteiger partial charge on any atom is -0.463 e. The fourth-order valence-corrected chi connectivity index (χ4v) is 1.45. The Balaban J connectivity index is 2.46. The van der Waals surface area contributed by atoms with Gasteiger partial charge in [0, 0.05) is 7.05 Å². The molecule has 0 aliphatic rings. The Labute approximate surface area is 99.8 Å². The second-order valence-electron chi connectivity index (χ2n) is 3.85. The zero-order valence-electron chi connectivity index (χ0n) is 10.2. The molecule has 0 bridgehead atoms. The van der Waals surface area contributed by atoms with Crippen LogP contribution < -0.4 is 16.0 Å². The van der Waals surface area contributed by atoms with Crippen LogP contribution in [-0.4, -0.2) is 25.0 Å². The second-order valence-corrected chi connectivity index (χ2v) is 3.85. The van der Waals surface area contributed by atoms with Crippen LogP contribution in [0.5, 0.6) is 0 Å². The van der Waals surface area contributed by atoms with Crippen molar-refractivity contribution in [2.24, 2.45) is 0 Å². The van der Waals surface area contributed by atoms with Gasteiger partial charge in [-0.05, 0) is 26.0 Å². The van der Waals surface area contributed by atoms with Crippen LogP contribution in [-0.2, 0) is 4.79 Å². The predicted molar refractivity (Wildman–Crippen MR) is 61.1 cm³/mol. The second kappa shape index (κ2) is 6.05. The molecule has 0 aliphatic carbocycles. The van der Waals surface area contributed by atoms with Crippen molar-refractivity contribution in [3.8, 4) is 0 Å². The number of quaternary nitrogens is 1. The summed E-state index contributed by atoms with van der Waals surface area (Å²) in [7, 11) is 1.46. The molecule has 2 atom stereocenters. The predicted octanol–water partition coefficient (Wildman–Crippen LogP) is -0.252. The van der Waals surface area contributed by atoms with Gasteiger partial charge in [0.2, 0.25) is 0 Å². The zero-order chi connectivity index (χ0) is 12.8. The van der Waals surface area contributed by atoms with Gasteiger partial charge in [-0.25, -0.2) is 4.79 Å². The van der Waals surface area contributed by atoms with Gasteiger partial charge in [-0.1, -0.05) is 0 Å². The summed E-state index contributed by atoms with van der Waals surface area (Å²) in [6.45, 7) is 3.67. The van der Waals surface area contributed by atoms with Crippen LogP contribution in [0.2, 0.25) is 0 Å². The van der Waals surface area contributed by atoms with Gasteiger partial charge in [0.15, 0.2) is 11.8 Å². The van der Waals surface area contributed by atoms with E-state index in [1.807, 2.05) is 18.3 Å². The molecule has 4 N–H and O–H groups in total. The van der Waals surface area contributed by atoms with Gasteiger partial charge < -0.3 is 15.1 Å². The quantitative estimate of drug-likeness (QED) is 0.678. The molecular weight excluding hydrogens is 222 g/mol. The number of carbonyl (C=O) groups is 2.